The van der Waals surface area contributed by atoms with Crippen LogP contribution in [0.3, 0.4) is 0 Å². The van der Waals surface area contributed by atoms with Crippen LogP contribution in [0.1, 0.15) is 50.8 Å². The molecule has 1 saturated carbocycles. The molecule has 11 heteroatoms. The maximum atomic E-state index is 13.9. The number of amides is 3. The number of benzene rings is 1. The first-order chi connectivity index (χ1) is 17.6. The maximum Gasteiger partial charge on any atom is 0.416 e. The largest absolute Gasteiger partial charge is 0.463 e. The fourth-order valence-electron chi connectivity index (χ4n) is 5.18. The Labute approximate surface area is 214 Å². The molecule has 2 heterocycles. The van der Waals surface area contributed by atoms with E-state index in [2.05, 4.69) is 5.32 Å². The average molecular weight is 523 g/mol. The van der Waals surface area contributed by atoms with Crippen molar-refractivity contribution in [3.8, 4) is 0 Å². The predicted molar refractivity (Wildman–Crippen MR) is 129 cm³/mol. The number of carbonyl (C=O) groups excluding carboxylic acids is 3. The van der Waals surface area contributed by atoms with Crippen molar-refractivity contribution in [2.75, 3.05) is 39.3 Å². The molecule has 37 heavy (non-hydrogen) atoms. The smallest absolute Gasteiger partial charge is 0.416 e. The van der Waals surface area contributed by atoms with Gasteiger partial charge in [0.2, 0.25) is 5.91 Å². The number of esters is 1. The van der Waals surface area contributed by atoms with E-state index in [-0.39, 0.29) is 48.7 Å². The Balaban J connectivity index is 1.72. The van der Waals surface area contributed by atoms with E-state index in [1.807, 2.05) is 16.7 Å². The van der Waals surface area contributed by atoms with Gasteiger partial charge >= 0.3 is 18.2 Å². The third kappa shape index (κ3) is 5.61. The molecule has 1 aliphatic carbocycles. The SMILES string of the molecule is CCOC(=O)C1=C(CN2CCN(C(=O)C3CC3)[C@@H](C)C2)N(CC)C(=O)N[C@H]1c1ccccc1C(F)(F)F. The van der Waals surface area contributed by atoms with Gasteiger partial charge in [-0.25, -0.2) is 9.59 Å². The highest BCUT2D eigenvalue weighted by molar-refractivity contribution is 5.95. The lowest BCUT2D eigenvalue weighted by atomic mass is 9.90. The molecule has 2 atom stereocenters. The zero-order valence-electron chi connectivity index (χ0n) is 21.3. The molecular weight excluding hydrogens is 489 g/mol. The van der Waals surface area contributed by atoms with Gasteiger partial charge in [-0.2, -0.15) is 13.2 Å². The van der Waals surface area contributed by atoms with E-state index in [0.29, 0.717) is 25.3 Å². The van der Waals surface area contributed by atoms with Crippen LogP contribution >= 0.6 is 0 Å². The van der Waals surface area contributed by atoms with Crippen molar-refractivity contribution in [2.45, 2.75) is 51.9 Å². The number of hydrogen-bond acceptors (Lipinski definition) is 5. The summed E-state index contributed by atoms with van der Waals surface area (Å²) in [6, 6.07) is 2.96. The third-order valence-corrected chi connectivity index (χ3v) is 7.12. The summed E-state index contributed by atoms with van der Waals surface area (Å²) >= 11 is 0. The molecule has 0 radical (unpaired) electrons. The molecule has 4 rings (SSSR count). The fourth-order valence-corrected chi connectivity index (χ4v) is 5.18. The third-order valence-electron chi connectivity index (χ3n) is 7.12. The van der Waals surface area contributed by atoms with Crippen LogP contribution in [0.4, 0.5) is 18.0 Å². The zero-order chi connectivity index (χ0) is 26.9. The second-order valence-corrected chi connectivity index (χ2v) is 9.68. The molecule has 1 saturated heterocycles. The molecule has 1 aromatic carbocycles. The molecule has 0 unspecified atom stereocenters. The van der Waals surface area contributed by atoms with Gasteiger partial charge in [0, 0.05) is 50.4 Å². The van der Waals surface area contributed by atoms with Crippen LogP contribution in [0.15, 0.2) is 35.5 Å². The molecular formula is C26H33F3N4O4. The summed E-state index contributed by atoms with van der Waals surface area (Å²) in [5.74, 6) is -0.498. The first-order valence-electron chi connectivity index (χ1n) is 12.7. The second kappa shape index (κ2) is 10.7. The Morgan fingerprint density at radius 1 is 1.14 bits per heavy atom. The normalized spacial score (nSPS) is 23.2. The summed E-state index contributed by atoms with van der Waals surface area (Å²) in [7, 11) is 0. The van der Waals surface area contributed by atoms with Gasteiger partial charge in [0.25, 0.3) is 0 Å². The van der Waals surface area contributed by atoms with Gasteiger partial charge in [-0.15, -0.1) is 0 Å². The average Bonchev–Trinajstić information content (AvgIpc) is 3.69. The Bertz CT molecular complexity index is 1090. The Hall–Kier alpha value is -3.08. The lowest BCUT2D eigenvalue weighted by molar-refractivity contribution is -0.141. The summed E-state index contributed by atoms with van der Waals surface area (Å²) in [5, 5.41) is 2.61. The number of carbonyl (C=O) groups is 3. The van der Waals surface area contributed by atoms with E-state index in [1.165, 1.54) is 23.1 Å². The highest BCUT2D eigenvalue weighted by Gasteiger charge is 2.43. The quantitative estimate of drug-likeness (QED) is 0.554. The van der Waals surface area contributed by atoms with Crippen LogP contribution in [-0.4, -0.2) is 78.0 Å². The molecule has 1 N–H and O–H groups in total. The molecule has 3 aliphatic rings. The molecule has 3 amide bonds. The Morgan fingerprint density at radius 2 is 1.84 bits per heavy atom. The van der Waals surface area contributed by atoms with Crippen LogP contribution in [0.2, 0.25) is 0 Å². The summed E-state index contributed by atoms with van der Waals surface area (Å²) in [5.41, 5.74) is -0.829. The van der Waals surface area contributed by atoms with Crippen LogP contribution in [0.25, 0.3) is 0 Å². The van der Waals surface area contributed by atoms with Gasteiger partial charge in [-0.1, -0.05) is 18.2 Å². The Morgan fingerprint density at radius 3 is 2.43 bits per heavy atom. The minimum atomic E-state index is -4.68. The molecule has 0 bridgehead atoms. The summed E-state index contributed by atoms with van der Waals surface area (Å²) in [6.07, 6.45) is -2.84. The number of halogens is 3. The van der Waals surface area contributed by atoms with Crippen LogP contribution < -0.4 is 5.32 Å². The second-order valence-electron chi connectivity index (χ2n) is 9.68. The fraction of sp³-hybridized carbons (Fsp3) is 0.577. The van der Waals surface area contributed by atoms with Crippen molar-refractivity contribution in [1.82, 2.24) is 20.0 Å². The van der Waals surface area contributed by atoms with Crippen molar-refractivity contribution in [2.24, 2.45) is 5.92 Å². The molecule has 2 fully saturated rings. The van der Waals surface area contributed by atoms with Gasteiger partial charge < -0.3 is 15.0 Å². The van der Waals surface area contributed by atoms with Gasteiger partial charge in [0.15, 0.2) is 0 Å². The van der Waals surface area contributed by atoms with E-state index in [4.69, 9.17) is 4.74 Å². The van der Waals surface area contributed by atoms with E-state index in [9.17, 15) is 27.6 Å². The minimum absolute atomic E-state index is 0.0101. The summed E-state index contributed by atoms with van der Waals surface area (Å²) < 4.78 is 47.0. The van der Waals surface area contributed by atoms with Crippen LogP contribution in [0, 0.1) is 5.92 Å². The summed E-state index contributed by atoms with van der Waals surface area (Å²) in [6.45, 7) is 7.27. The van der Waals surface area contributed by atoms with E-state index in [0.717, 1.165) is 18.9 Å². The molecule has 202 valence electrons. The number of likely N-dealkylation sites (N-methyl/N-ethyl adjacent to an activating group) is 1. The van der Waals surface area contributed by atoms with Crippen molar-refractivity contribution >= 4 is 17.9 Å². The lowest BCUT2D eigenvalue weighted by Crippen LogP contribution is -2.56. The molecule has 0 spiro atoms. The first-order valence-corrected chi connectivity index (χ1v) is 12.7. The van der Waals surface area contributed by atoms with E-state index >= 15 is 0 Å². The Kier molecular flexibility index (Phi) is 7.82. The van der Waals surface area contributed by atoms with Gasteiger partial charge in [0.05, 0.1) is 23.8 Å². The summed E-state index contributed by atoms with van der Waals surface area (Å²) in [4.78, 5) is 44.3. The van der Waals surface area contributed by atoms with Crippen molar-refractivity contribution in [1.29, 1.82) is 0 Å². The molecule has 2 aliphatic heterocycles. The lowest BCUT2D eigenvalue weighted by Gasteiger charge is -2.43. The first kappa shape index (κ1) is 27.0. The van der Waals surface area contributed by atoms with Gasteiger partial charge in [-0.3, -0.25) is 14.6 Å². The standard InChI is InChI=1S/C26H33F3N4O4/c1-4-32-20(15-31-12-13-33(16(3)14-31)23(34)17-10-11-17)21(24(35)37-5-2)22(30-25(32)36)18-8-6-7-9-19(18)26(27,28)29/h6-9,16-17,22H,4-5,10-15H2,1-3H3,(H,30,36)/t16-,22-/m0/s1. The van der Waals surface area contributed by atoms with Crippen molar-refractivity contribution in [3.63, 3.8) is 0 Å². The number of nitrogens with one attached hydrogen (secondary N) is 1. The van der Waals surface area contributed by atoms with Crippen molar-refractivity contribution in [3.05, 3.63) is 46.7 Å². The van der Waals surface area contributed by atoms with E-state index < -0.39 is 29.8 Å². The number of piperazine rings is 1. The minimum Gasteiger partial charge on any atom is -0.463 e. The number of hydrogen-bond donors (Lipinski definition) is 1. The topological polar surface area (TPSA) is 82.2 Å². The molecule has 1 aromatic rings. The van der Waals surface area contributed by atoms with Gasteiger partial charge in [0.1, 0.15) is 0 Å². The predicted octanol–water partition coefficient (Wildman–Crippen LogP) is 3.55. The monoisotopic (exact) mass is 522 g/mol. The molecule has 8 nitrogen and oxygen atoms in total. The highest BCUT2D eigenvalue weighted by Crippen LogP contribution is 2.40. The van der Waals surface area contributed by atoms with Gasteiger partial charge in [-0.05, 0) is 45.2 Å². The van der Waals surface area contributed by atoms with Crippen LogP contribution in [0.5, 0.6) is 0 Å². The zero-order valence-corrected chi connectivity index (χ0v) is 21.3. The van der Waals surface area contributed by atoms with Crippen molar-refractivity contribution < 1.29 is 32.3 Å². The molecule has 0 aromatic heterocycles. The maximum absolute atomic E-state index is 13.9. The number of nitrogens with zero attached hydrogens (tertiary/aromatic N) is 3. The number of urea groups is 1. The number of alkyl halides is 3. The van der Waals surface area contributed by atoms with Crippen LogP contribution in [-0.2, 0) is 20.5 Å². The highest BCUT2D eigenvalue weighted by atomic mass is 19.4. The number of ether oxygens (including phenoxy) is 1. The van der Waals surface area contributed by atoms with E-state index in [1.54, 1.807) is 13.8 Å². The number of rotatable bonds is 7.